The Morgan fingerprint density at radius 2 is 1.75 bits per heavy atom. The molecule has 0 unspecified atom stereocenters. The van der Waals surface area contributed by atoms with E-state index in [2.05, 4.69) is 39.9 Å². The molecule has 0 aromatic heterocycles. The van der Waals surface area contributed by atoms with Crippen molar-refractivity contribution >= 4 is 0 Å². The van der Waals surface area contributed by atoms with Crippen LogP contribution in [0.3, 0.4) is 0 Å². The number of aliphatic hydroxyl groups is 1. The summed E-state index contributed by atoms with van der Waals surface area (Å²) in [5.74, 6) is 0.591. The molecule has 0 saturated heterocycles. The molecule has 0 heterocycles. The number of hydrogen-bond donors (Lipinski definition) is 2. The molecule has 0 aliphatic heterocycles. The Labute approximate surface area is 76.4 Å². The largest absolute Gasteiger partial charge is 0.387 e. The van der Waals surface area contributed by atoms with Gasteiger partial charge in [-0.1, -0.05) is 13.8 Å². The standard InChI is InChI=1S/C10H23NO/c1-8(2)6-9(12)7-11-10(3,4)5/h8-9,11-12H,6-7H2,1-5H3/p+1/t9-/m1/s1. The third-order valence-electron chi connectivity index (χ3n) is 1.75. The fourth-order valence-electron chi connectivity index (χ4n) is 1.13. The first kappa shape index (κ1) is 11.9. The lowest BCUT2D eigenvalue weighted by Gasteiger charge is -2.20. The summed E-state index contributed by atoms with van der Waals surface area (Å²) in [7, 11) is 0. The summed E-state index contributed by atoms with van der Waals surface area (Å²) in [5.41, 5.74) is 0.234. The molecule has 0 aromatic carbocycles. The van der Waals surface area contributed by atoms with Crippen molar-refractivity contribution in [2.24, 2.45) is 5.92 Å². The minimum Gasteiger partial charge on any atom is -0.387 e. The average Bonchev–Trinajstić information content (AvgIpc) is 1.80. The first-order valence-corrected chi connectivity index (χ1v) is 4.83. The Morgan fingerprint density at radius 3 is 2.08 bits per heavy atom. The topological polar surface area (TPSA) is 36.8 Å². The zero-order chi connectivity index (χ0) is 9.78. The Morgan fingerprint density at radius 1 is 1.25 bits per heavy atom. The predicted molar refractivity (Wildman–Crippen MR) is 52.0 cm³/mol. The van der Waals surface area contributed by atoms with Gasteiger partial charge in [-0.25, -0.2) is 0 Å². The molecule has 0 radical (unpaired) electrons. The summed E-state index contributed by atoms with van der Waals surface area (Å²) >= 11 is 0. The summed E-state index contributed by atoms with van der Waals surface area (Å²) in [6.07, 6.45) is 0.760. The van der Waals surface area contributed by atoms with Crippen molar-refractivity contribution in [1.29, 1.82) is 0 Å². The van der Waals surface area contributed by atoms with Crippen molar-refractivity contribution in [3.63, 3.8) is 0 Å². The number of rotatable bonds is 4. The van der Waals surface area contributed by atoms with Crippen molar-refractivity contribution in [3.05, 3.63) is 0 Å². The molecule has 12 heavy (non-hydrogen) atoms. The van der Waals surface area contributed by atoms with Gasteiger partial charge in [0, 0.05) is 0 Å². The van der Waals surface area contributed by atoms with Gasteiger partial charge in [0.05, 0.1) is 5.54 Å². The van der Waals surface area contributed by atoms with Crippen LogP contribution in [0.25, 0.3) is 0 Å². The molecule has 0 aliphatic carbocycles. The summed E-state index contributed by atoms with van der Waals surface area (Å²) in [6, 6.07) is 0. The summed E-state index contributed by atoms with van der Waals surface area (Å²) in [6.45, 7) is 11.6. The van der Waals surface area contributed by atoms with Crippen molar-refractivity contribution in [1.82, 2.24) is 0 Å². The van der Waals surface area contributed by atoms with E-state index in [-0.39, 0.29) is 11.6 Å². The van der Waals surface area contributed by atoms with E-state index in [1.54, 1.807) is 0 Å². The van der Waals surface area contributed by atoms with Crippen molar-refractivity contribution in [2.75, 3.05) is 6.54 Å². The fraction of sp³-hybridized carbons (Fsp3) is 1.00. The second-order valence-corrected chi connectivity index (χ2v) is 5.09. The molecule has 0 rings (SSSR count). The van der Waals surface area contributed by atoms with E-state index >= 15 is 0 Å². The average molecular weight is 174 g/mol. The van der Waals surface area contributed by atoms with E-state index in [9.17, 15) is 5.11 Å². The summed E-state index contributed by atoms with van der Waals surface area (Å²) < 4.78 is 0. The highest BCUT2D eigenvalue weighted by atomic mass is 16.3. The predicted octanol–water partition coefficient (Wildman–Crippen LogP) is 0.755. The highest BCUT2D eigenvalue weighted by molar-refractivity contribution is 4.58. The molecule has 3 N–H and O–H groups in total. The van der Waals surface area contributed by atoms with E-state index < -0.39 is 0 Å². The van der Waals surface area contributed by atoms with E-state index in [4.69, 9.17) is 0 Å². The van der Waals surface area contributed by atoms with Crippen LogP contribution in [0.1, 0.15) is 41.0 Å². The lowest BCUT2D eigenvalue weighted by atomic mass is 10.0. The highest BCUT2D eigenvalue weighted by Crippen LogP contribution is 2.02. The van der Waals surface area contributed by atoms with Crippen LogP contribution in [0, 0.1) is 5.92 Å². The molecule has 0 bridgehead atoms. The van der Waals surface area contributed by atoms with E-state index in [0.29, 0.717) is 5.92 Å². The van der Waals surface area contributed by atoms with Gasteiger partial charge >= 0.3 is 0 Å². The molecular formula is C10H24NO+. The van der Waals surface area contributed by atoms with Crippen LogP contribution in [0.4, 0.5) is 0 Å². The summed E-state index contributed by atoms with van der Waals surface area (Å²) in [4.78, 5) is 0. The SMILES string of the molecule is CC(C)C[C@@H](O)C[NH2+]C(C)(C)C. The molecular weight excluding hydrogens is 150 g/mol. The summed E-state index contributed by atoms with van der Waals surface area (Å²) in [5, 5.41) is 11.7. The number of nitrogens with two attached hydrogens (primary N) is 1. The normalized spacial score (nSPS) is 15.2. The first-order valence-electron chi connectivity index (χ1n) is 4.83. The smallest absolute Gasteiger partial charge is 0.103 e. The second kappa shape index (κ2) is 4.83. The van der Waals surface area contributed by atoms with Crippen molar-refractivity contribution in [2.45, 2.75) is 52.7 Å². The Hall–Kier alpha value is -0.0800. The third kappa shape index (κ3) is 8.02. The molecule has 0 aromatic rings. The molecule has 2 heteroatoms. The first-order chi connectivity index (χ1) is 5.31. The van der Waals surface area contributed by atoms with E-state index in [1.165, 1.54) is 0 Å². The number of quaternary nitrogens is 1. The molecule has 2 nitrogen and oxygen atoms in total. The Bertz CT molecular complexity index is 115. The van der Waals surface area contributed by atoms with Crippen LogP contribution in [0.5, 0.6) is 0 Å². The van der Waals surface area contributed by atoms with Gasteiger partial charge in [0.2, 0.25) is 0 Å². The molecule has 0 amide bonds. The van der Waals surface area contributed by atoms with Gasteiger partial charge < -0.3 is 10.4 Å². The molecule has 1 atom stereocenters. The van der Waals surface area contributed by atoms with Crippen molar-refractivity contribution < 1.29 is 10.4 Å². The van der Waals surface area contributed by atoms with Gasteiger partial charge in [-0.05, 0) is 33.1 Å². The van der Waals surface area contributed by atoms with Crippen LogP contribution < -0.4 is 5.32 Å². The van der Waals surface area contributed by atoms with Crippen LogP contribution in [-0.2, 0) is 0 Å². The molecule has 0 fully saturated rings. The maximum absolute atomic E-state index is 9.55. The second-order valence-electron chi connectivity index (χ2n) is 5.09. The molecule has 0 aliphatic rings. The fourth-order valence-corrected chi connectivity index (χ4v) is 1.13. The van der Waals surface area contributed by atoms with Gasteiger partial charge in [-0.2, -0.15) is 0 Å². The Balaban J connectivity index is 3.51. The minimum absolute atomic E-state index is 0.149. The Kier molecular flexibility index (Phi) is 4.80. The molecule has 74 valence electrons. The zero-order valence-electron chi connectivity index (χ0n) is 9.09. The zero-order valence-corrected chi connectivity index (χ0v) is 9.09. The van der Waals surface area contributed by atoms with Gasteiger partial charge in [0.25, 0.3) is 0 Å². The van der Waals surface area contributed by atoms with Gasteiger partial charge in [0.1, 0.15) is 12.6 Å². The van der Waals surface area contributed by atoms with Crippen LogP contribution in [-0.4, -0.2) is 23.3 Å². The highest BCUT2D eigenvalue weighted by Gasteiger charge is 2.16. The number of hydrogen-bond acceptors (Lipinski definition) is 1. The molecule has 0 saturated carbocycles. The quantitative estimate of drug-likeness (QED) is 0.648. The van der Waals surface area contributed by atoms with Gasteiger partial charge in [0.15, 0.2) is 0 Å². The lowest BCUT2D eigenvalue weighted by molar-refractivity contribution is -0.722. The molecule has 0 spiro atoms. The maximum atomic E-state index is 9.55. The third-order valence-corrected chi connectivity index (χ3v) is 1.75. The monoisotopic (exact) mass is 174 g/mol. The van der Waals surface area contributed by atoms with E-state index in [0.717, 1.165) is 13.0 Å². The van der Waals surface area contributed by atoms with Gasteiger partial charge in [-0.3, -0.25) is 0 Å². The van der Waals surface area contributed by atoms with Crippen LogP contribution >= 0.6 is 0 Å². The maximum Gasteiger partial charge on any atom is 0.103 e. The van der Waals surface area contributed by atoms with Crippen molar-refractivity contribution in [3.8, 4) is 0 Å². The van der Waals surface area contributed by atoms with Gasteiger partial charge in [-0.15, -0.1) is 0 Å². The number of aliphatic hydroxyl groups excluding tert-OH is 1. The van der Waals surface area contributed by atoms with E-state index in [1.807, 2.05) is 0 Å². The lowest BCUT2D eigenvalue weighted by Crippen LogP contribution is -2.95. The minimum atomic E-state index is -0.149. The van der Waals surface area contributed by atoms with Crippen LogP contribution in [0.15, 0.2) is 0 Å². The van der Waals surface area contributed by atoms with Crippen LogP contribution in [0.2, 0.25) is 0 Å².